The maximum absolute atomic E-state index is 13.0. The molecule has 0 saturated heterocycles. The van der Waals surface area contributed by atoms with Gasteiger partial charge in [-0.1, -0.05) is 18.5 Å². The highest BCUT2D eigenvalue weighted by Crippen LogP contribution is 2.48. The minimum atomic E-state index is -4.56. The molecule has 2 aromatic carbocycles. The molecule has 6 nitrogen and oxygen atoms in total. The fraction of sp³-hybridized carbons (Fsp3) is 0.294. The van der Waals surface area contributed by atoms with E-state index in [9.17, 15) is 27.9 Å². The highest BCUT2D eigenvalue weighted by Gasteiger charge is 2.33. The van der Waals surface area contributed by atoms with Gasteiger partial charge < -0.3 is 9.26 Å². The molecule has 1 atom stereocenters. The van der Waals surface area contributed by atoms with Gasteiger partial charge in [0.25, 0.3) is 5.69 Å². The van der Waals surface area contributed by atoms with Crippen LogP contribution in [0, 0.1) is 10.1 Å². The Hall–Kier alpha value is -2.09. The second-order valence-corrected chi connectivity index (χ2v) is 8.69. The van der Waals surface area contributed by atoms with E-state index < -0.39 is 29.7 Å². The lowest BCUT2D eigenvalue weighted by atomic mass is 10.2. The van der Waals surface area contributed by atoms with Crippen LogP contribution in [0.3, 0.4) is 0 Å². The number of rotatable bonds is 7. The molecule has 0 radical (unpaired) electrons. The minimum absolute atomic E-state index is 0.0200. The third kappa shape index (κ3) is 4.84. The molecule has 0 heterocycles. The summed E-state index contributed by atoms with van der Waals surface area (Å²) >= 11 is 5.86. The van der Waals surface area contributed by atoms with Crippen molar-refractivity contribution >= 4 is 30.0 Å². The number of ether oxygens (including phenoxy) is 1. The molecule has 0 bridgehead atoms. The standard InChI is InChI=1S/C17H16ClF3NO5P/c1-3-26-28(25,4-2)16-10-12(6-7-14(16)22(23)24)27-15-8-5-11(9-13(15)18)17(19,20)21/h5-10H,3-4H2,1-2H3. The van der Waals surface area contributed by atoms with Gasteiger partial charge in [-0.05, 0) is 31.2 Å². The molecular formula is C17H16ClF3NO5P. The average Bonchev–Trinajstić information content (AvgIpc) is 2.62. The van der Waals surface area contributed by atoms with Crippen molar-refractivity contribution < 1.29 is 31.9 Å². The second kappa shape index (κ2) is 8.51. The fourth-order valence-corrected chi connectivity index (χ4v) is 4.55. The maximum Gasteiger partial charge on any atom is 0.416 e. The topological polar surface area (TPSA) is 78.7 Å². The molecule has 11 heteroatoms. The minimum Gasteiger partial charge on any atom is -0.456 e. The first kappa shape index (κ1) is 22.2. The van der Waals surface area contributed by atoms with Crippen molar-refractivity contribution in [1.82, 2.24) is 0 Å². The largest absolute Gasteiger partial charge is 0.456 e. The van der Waals surface area contributed by atoms with Crippen molar-refractivity contribution in [3.63, 3.8) is 0 Å². The Morgan fingerprint density at radius 1 is 1.18 bits per heavy atom. The molecule has 0 amide bonds. The second-order valence-electron chi connectivity index (χ2n) is 5.56. The van der Waals surface area contributed by atoms with E-state index in [4.69, 9.17) is 20.9 Å². The molecular weight excluding hydrogens is 422 g/mol. The Kier molecular flexibility index (Phi) is 6.75. The van der Waals surface area contributed by atoms with Crippen LogP contribution in [-0.2, 0) is 15.3 Å². The van der Waals surface area contributed by atoms with Gasteiger partial charge in [-0.3, -0.25) is 14.7 Å². The molecule has 152 valence electrons. The molecule has 0 spiro atoms. The maximum atomic E-state index is 13.0. The van der Waals surface area contributed by atoms with Crippen LogP contribution in [0.1, 0.15) is 19.4 Å². The van der Waals surface area contributed by atoms with Gasteiger partial charge in [-0.25, -0.2) is 0 Å². The summed E-state index contributed by atoms with van der Waals surface area (Å²) in [7, 11) is -3.52. The van der Waals surface area contributed by atoms with Crippen LogP contribution in [-0.4, -0.2) is 17.7 Å². The summed E-state index contributed by atoms with van der Waals surface area (Å²) in [5.41, 5.74) is -1.34. The smallest absolute Gasteiger partial charge is 0.416 e. The molecule has 0 saturated carbocycles. The molecule has 28 heavy (non-hydrogen) atoms. The fourth-order valence-electron chi connectivity index (χ4n) is 2.42. The normalized spacial score (nSPS) is 13.8. The van der Waals surface area contributed by atoms with Gasteiger partial charge in [0.05, 0.1) is 22.1 Å². The Labute approximate surface area is 163 Å². The monoisotopic (exact) mass is 437 g/mol. The molecule has 0 aliphatic heterocycles. The first-order valence-corrected chi connectivity index (χ1v) is 10.3. The van der Waals surface area contributed by atoms with Crippen molar-refractivity contribution in [1.29, 1.82) is 0 Å². The van der Waals surface area contributed by atoms with E-state index in [0.29, 0.717) is 6.07 Å². The molecule has 0 aliphatic carbocycles. The third-order valence-electron chi connectivity index (χ3n) is 3.75. The Bertz CT molecular complexity index is 935. The van der Waals surface area contributed by atoms with Crippen LogP contribution in [0.25, 0.3) is 0 Å². The Balaban J connectivity index is 2.47. The van der Waals surface area contributed by atoms with Gasteiger partial charge in [0.1, 0.15) is 16.8 Å². The van der Waals surface area contributed by atoms with E-state index in [2.05, 4.69) is 0 Å². The molecule has 0 fully saturated rings. The van der Waals surface area contributed by atoms with Gasteiger partial charge in [-0.2, -0.15) is 13.2 Å². The van der Waals surface area contributed by atoms with Crippen molar-refractivity contribution in [2.75, 3.05) is 12.8 Å². The van der Waals surface area contributed by atoms with Gasteiger partial charge in [0.2, 0.25) is 7.37 Å². The van der Waals surface area contributed by atoms with Crippen LogP contribution >= 0.6 is 19.0 Å². The highest BCUT2D eigenvalue weighted by atomic mass is 35.5. The number of hydrogen-bond acceptors (Lipinski definition) is 5. The summed E-state index contributed by atoms with van der Waals surface area (Å²) in [6, 6.07) is 6.07. The number of nitro benzene ring substituents is 1. The quantitative estimate of drug-likeness (QED) is 0.301. The lowest BCUT2D eigenvalue weighted by molar-refractivity contribution is -0.383. The number of nitro groups is 1. The number of hydrogen-bond donors (Lipinski definition) is 0. The summed E-state index contributed by atoms with van der Waals surface area (Å²) in [4.78, 5) is 10.6. The lowest BCUT2D eigenvalue weighted by Gasteiger charge is -2.17. The zero-order valence-electron chi connectivity index (χ0n) is 14.8. The SMILES string of the molecule is CCOP(=O)(CC)c1cc(Oc2ccc(C(F)(F)F)cc2Cl)ccc1[N+](=O)[O-]. The van der Waals surface area contributed by atoms with E-state index in [0.717, 1.165) is 18.2 Å². The number of nitrogens with zero attached hydrogens (tertiary/aromatic N) is 1. The number of alkyl halides is 3. The van der Waals surface area contributed by atoms with Crippen LogP contribution in [0.5, 0.6) is 11.5 Å². The summed E-state index contributed by atoms with van der Waals surface area (Å²) in [5.74, 6) is -0.0622. The van der Waals surface area contributed by atoms with Gasteiger partial charge in [0.15, 0.2) is 0 Å². The first-order valence-electron chi connectivity index (χ1n) is 8.09. The summed E-state index contributed by atoms with van der Waals surface area (Å²) in [5, 5.41) is 10.9. The van der Waals surface area contributed by atoms with E-state index in [1.807, 2.05) is 0 Å². The highest BCUT2D eigenvalue weighted by molar-refractivity contribution is 7.67. The molecule has 0 aliphatic rings. The first-order chi connectivity index (χ1) is 13.0. The van der Waals surface area contributed by atoms with Crippen LogP contribution in [0.4, 0.5) is 18.9 Å². The van der Waals surface area contributed by atoms with E-state index in [1.54, 1.807) is 13.8 Å². The zero-order valence-corrected chi connectivity index (χ0v) is 16.5. The summed E-state index contributed by atoms with van der Waals surface area (Å²) < 4.78 is 62.0. The average molecular weight is 438 g/mol. The van der Waals surface area contributed by atoms with Gasteiger partial charge in [-0.15, -0.1) is 0 Å². The summed E-state index contributed by atoms with van der Waals surface area (Å²) in [6.45, 7) is 3.26. The van der Waals surface area contributed by atoms with Crippen LogP contribution in [0.2, 0.25) is 5.02 Å². The predicted molar refractivity (Wildman–Crippen MR) is 99.0 cm³/mol. The zero-order chi connectivity index (χ0) is 21.1. The lowest BCUT2D eigenvalue weighted by Crippen LogP contribution is -2.14. The molecule has 2 aromatic rings. The van der Waals surface area contributed by atoms with E-state index >= 15 is 0 Å². The van der Waals surface area contributed by atoms with Gasteiger partial charge in [0, 0.05) is 18.3 Å². The molecule has 2 rings (SSSR count). The van der Waals surface area contributed by atoms with E-state index in [1.165, 1.54) is 12.1 Å². The van der Waals surface area contributed by atoms with Crippen LogP contribution in [0.15, 0.2) is 36.4 Å². The molecule has 1 unspecified atom stereocenters. The van der Waals surface area contributed by atoms with Crippen molar-refractivity contribution in [2.45, 2.75) is 20.0 Å². The Morgan fingerprint density at radius 2 is 1.86 bits per heavy atom. The van der Waals surface area contributed by atoms with Crippen molar-refractivity contribution in [3.05, 3.63) is 57.1 Å². The molecule has 0 N–H and O–H groups in total. The third-order valence-corrected chi connectivity index (χ3v) is 6.65. The number of benzene rings is 2. The van der Waals surface area contributed by atoms with Gasteiger partial charge >= 0.3 is 6.18 Å². The van der Waals surface area contributed by atoms with Crippen molar-refractivity contribution in [3.8, 4) is 11.5 Å². The number of halogens is 4. The van der Waals surface area contributed by atoms with Crippen molar-refractivity contribution in [2.24, 2.45) is 0 Å². The summed E-state index contributed by atoms with van der Waals surface area (Å²) in [6.07, 6.45) is -4.54. The van der Waals surface area contributed by atoms with Crippen LogP contribution < -0.4 is 10.0 Å². The van der Waals surface area contributed by atoms with E-state index in [-0.39, 0.29) is 34.6 Å². The molecule has 0 aromatic heterocycles. The Morgan fingerprint density at radius 3 is 2.36 bits per heavy atom. The predicted octanol–water partition coefficient (Wildman–Crippen LogP) is 6.02.